The Morgan fingerprint density at radius 3 is 2.65 bits per heavy atom. The predicted octanol–water partition coefficient (Wildman–Crippen LogP) is 2.17. The zero-order valence-corrected chi connectivity index (χ0v) is 13.6. The summed E-state index contributed by atoms with van der Waals surface area (Å²) < 4.78 is 17.0. The van der Waals surface area contributed by atoms with Crippen LogP contribution < -0.4 is 14.8 Å². The minimum Gasteiger partial charge on any atom is -0.486 e. The Morgan fingerprint density at radius 1 is 1.17 bits per heavy atom. The van der Waals surface area contributed by atoms with E-state index in [1.807, 2.05) is 32.0 Å². The summed E-state index contributed by atoms with van der Waals surface area (Å²) >= 11 is 0. The van der Waals surface area contributed by atoms with Crippen molar-refractivity contribution in [2.45, 2.75) is 56.8 Å². The zero-order chi connectivity index (χ0) is 16.0. The molecule has 3 aliphatic heterocycles. The van der Waals surface area contributed by atoms with Crippen LogP contribution in [-0.2, 0) is 14.9 Å². The quantitative estimate of drug-likeness (QED) is 0.928. The molecule has 0 saturated carbocycles. The Kier molecular flexibility index (Phi) is 3.48. The van der Waals surface area contributed by atoms with Crippen molar-refractivity contribution >= 4 is 5.91 Å². The van der Waals surface area contributed by atoms with Gasteiger partial charge < -0.3 is 19.5 Å². The second kappa shape index (κ2) is 5.41. The molecule has 2 fully saturated rings. The second-order valence-corrected chi connectivity index (χ2v) is 7.17. The maximum atomic E-state index is 12.8. The Labute approximate surface area is 136 Å². The van der Waals surface area contributed by atoms with E-state index in [1.165, 1.54) is 0 Å². The van der Waals surface area contributed by atoms with Crippen LogP contribution in [-0.4, -0.2) is 37.4 Å². The van der Waals surface area contributed by atoms with Crippen LogP contribution in [0.15, 0.2) is 18.2 Å². The molecule has 3 aliphatic rings. The van der Waals surface area contributed by atoms with Crippen molar-refractivity contribution in [2.24, 2.45) is 0 Å². The van der Waals surface area contributed by atoms with E-state index in [9.17, 15) is 4.79 Å². The molecule has 0 radical (unpaired) electrons. The molecule has 1 N–H and O–H groups in total. The van der Waals surface area contributed by atoms with E-state index in [0.29, 0.717) is 19.3 Å². The van der Waals surface area contributed by atoms with E-state index in [2.05, 4.69) is 5.32 Å². The monoisotopic (exact) mass is 317 g/mol. The molecule has 3 heterocycles. The van der Waals surface area contributed by atoms with Gasteiger partial charge in [-0.05, 0) is 50.8 Å². The Balaban J connectivity index is 1.51. The molecule has 1 amide bonds. The number of benzene rings is 1. The third-order valence-electron chi connectivity index (χ3n) is 5.25. The van der Waals surface area contributed by atoms with Crippen molar-refractivity contribution in [1.82, 2.24) is 5.32 Å². The summed E-state index contributed by atoms with van der Waals surface area (Å²) in [5.41, 5.74) is 0.306. The molecule has 5 heteroatoms. The number of carbonyl (C=O) groups is 1. The van der Waals surface area contributed by atoms with Gasteiger partial charge in [0.15, 0.2) is 11.5 Å². The van der Waals surface area contributed by atoms with Crippen molar-refractivity contribution in [3.8, 4) is 11.5 Å². The Morgan fingerprint density at radius 2 is 1.96 bits per heavy atom. The number of ether oxygens (including phenoxy) is 3. The number of hydrogen-bond acceptors (Lipinski definition) is 4. The maximum absolute atomic E-state index is 12.8. The van der Waals surface area contributed by atoms with Gasteiger partial charge >= 0.3 is 0 Å². The lowest BCUT2D eigenvalue weighted by Crippen LogP contribution is -2.48. The van der Waals surface area contributed by atoms with Crippen LogP contribution >= 0.6 is 0 Å². The molecule has 3 atom stereocenters. The molecular formula is C18H23NO4. The first-order chi connectivity index (χ1) is 11.0. The van der Waals surface area contributed by atoms with Gasteiger partial charge in [0, 0.05) is 0 Å². The summed E-state index contributed by atoms with van der Waals surface area (Å²) in [6.45, 7) is 5.01. The number of amides is 1. The average Bonchev–Trinajstić information content (AvgIpc) is 3.17. The largest absolute Gasteiger partial charge is 0.486 e. The molecule has 0 unspecified atom stereocenters. The number of rotatable bonds is 3. The maximum Gasteiger partial charge on any atom is 0.230 e. The van der Waals surface area contributed by atoms with E-state index in [-0.39, 0.29) is 18.1 Å². The van der Waals surface area contributed by atoms with Crippen molar-refractivity contribution in [1.29, 1.82) is 0 Å². The third-order valence-corrected chi connectivity index (χ3v) is 5.25. The molecule has 1 aromatic rings. The molecular weight excluding hydrogens is 294 g/mol. The van der Waals surface area contributed by atoms with Gasteiger partial charge in [0.05, 0.1) is 23.7 Å². The van der Waals surface area contributed by atoms with Gasteiger partial charge in [-0.3, -0.25) is 4.79 Å². The standard InChI is InChI=1S/C18H23NO4/c1-18(2,11-3-5-15-16(9-11)22-8-7-21-15)17(20)19-13-10-12-4-6-14(13)23-12/h3,5,9,12-14H,4,6-8,10H2,1-2H3,(H,19,20)/t12-,13-,14+/m1/s1. The SMILES string of the molecule is CC(C)(C(=O)N[C@@H]1C[C@H]2CC[C@@H]1O2)c1ccc2c(c1)OCCO2. The highest BCUT2D eigenvalue weighted by atomic mass is 16.6. The molecule has 23 heavy (non-hydrogen) atoms. The first-order valence-electron chi connectivity index (χ1n) is 8.40. The predicted molar refractivity (Wildman–Crippen MR) is 84.9 cm³/mol. The minimum absolute atomic E-state index is 0.0373. The van der Waals surface area contributed by atoms with Crippen LogP contribution in [0, 0.1) is 0 Å². The van der Waals surface area contributed by atoms with Crippen molar-refractivity contribution in [2.75, 3.05) is 13.2 Å². The van der Waals surface area contributed by atoms with Crippen molar-refractivity contribution in [3.63, 3.8) is 0 Å². The summed E-state index contributed by atoms with van der Waals surface area (Å²) in [6, 6.07) is 5.91. The molecule has 0 spiro atoms. The Bertz CT molecular complexity index is 627. The molecule has 2 bridgehead atoms. The van der Waals surface area contributed by atoms with Crippen LogP contribution in [0.4, 0.5) is 0 Å². The lowest BCUT2D eigenvalue weighted by Gasteiger charge is -2.29. The highest BCUT2D eigenvalue weighted by Crippen LogP contribution is 2.37. The van der Waals surface area contributed by atoms with Crippen LogP contribution in [0.1, 0.15) is 38.7 Å². The topological polar surface area (TPSA) is 56.8 Å². The lowest BCUT2D eigenvalue weighted by atomic mass is 9.82. The van der Waals surface area contributed by atoms with Gasteiger partial charge in [-0.2, -0.15) is 0 Å². The lowest BCUT2D eigenvalue weighted by molar-refractivity contribution is -0.126. The minimum atomic E-state index is -0.627. The molecule has 0 aliphatic carbocycles. The average molecular weight is 317 g/mol. The van der Waals surface area contributed by atoms with Gasteiger partial charge in [0.1, 0.15) is 13.2 Å². The number of carbonyl (C=O) groups excluding carboxylic acids is 1. The van der Waals surface area contributed by atoms with E-state index in [0.717, 1.165) is 36.3 Å². The first kappa shape index (κ1) is 14.8. The fourth-order valence-corrected chi connectivity index (χ4v) is 3.70. The van der Waals surface area contributed by atoms with Crippen molar-refractivity contribution in [3.05, 3.63) is 23.8 Å². The van der Waals surface area contributed by atoms with E-state index in [4.69, 9.17) is 14.2 Å². The van der Waals surface area contributed by atoms with Crippen LogP contribution in [0.2, 0.25) is 0 Å². The van der Waals surface area contributed by atoms with E-state index < -0.39 is 5.41 Å². The van der Waals surface area contributed by atoms with E-state index in [1.54, 1.807) is 0 Å². The molecule has 1 aromatic carbocycles. The van der Waals surface area contributed by atoms with Crippen LogP contribution in [0.3, 0.4) is 0 Å². The Hall–Kier alpha value is -1.75. The molecule has 2 saturated heterocycles. The fraction of sp³-hybridized carbons (Fsp3) is 0.611. The van der Waals surface area contributed by atoms with E-state index >= 15 is 0 Å². The smallest absolute Gasteiger partial charge is 0.230 e. The number of fused-ring (bicyclic) bond motifs is 3. The van der Waals surface area contributed by atoms with Crippen molar-refractivity contribution < 1.29 is 19.0 Å². The highest BCUT2D eigenvalue weighted by Gasteiger charge is 2.43. The summed E-state index contributed by atoms with van der Waals surface area (Å²) in [5.74, 6) is 1.51. The highest BCUT2D eigenvalue weighted by molar-refractivity contribution is 5.87. The number of hydrogen-bond donors (Lipinski definition) is 1. The third kappa shape index (κ3) is 2.57. The summed E-state index contributed by atoms with van der Waals surface area (Å²) in [5, 5.41) is 3.19. The number of nitrogens with one attached hydrogen (secondary N) is 1. The van der Waals surface area contributed by atoms with Gasteiger partial charge in [0.2, 0.25) is 5.91 Å². The summed E-state index contributed by atoms with van der Waals surface area (Å²) in [6.07, 6.45) is 3.65. The second-order valence-electron chi connectivity index (χ2n) is 7.17. The van der Waals surface area contributed by atoms with Crippen LogP contribution in [0.5, 0.6) is 11.5 Å². The molecule has 124 valence electrons. The normalized spacial score (nSPS) is 28.7. The summed E-state index contributed by atoms with van der Waals surface area (Å²) in [4.78, 5) is 12.8. The van der Waals surface area contributed by atoms with Gasteiger partial charge in [-0.1, -0.05) is 6.07 Å². The molecule has 5 nitrogen and oxygen atoms in total. The fourth-order valence-electron chi connectivity index (χ4n) is 3.70. The molecule has 4 rings (SSSR count). The first-order valence-corrected chi connectivity index (χ1v) is 8.40. The zero-order valence-electron chi connectivity index (χ0n) is 13.6. The van der Waals surface area contributed by atoms with Gasteiger partial charge in [-0.25, -0.2) is 0 Å². The van der Waals surface area contributed by atoms with Crippen LogP contribution in [0.25, 0.3) is 0 Å². The van der Waals surface area contributed by atoms with Gasteiger partial charge in [0.25, 0.3) is 0 Å². The molecule has 0 aromatic heterocycles. The van der Waals surface area contributed by atoms with Gasteiger partial charge in [-0.15, -0.1) is 0 Å². The summed E-state index contributed by atoms with van der Waals surface area (Å²) in [7, 11) is 0.